The SMILES string of the molecule is CCN(CC)Cc1cccc(CCC(=O)O)c1. The van der Waals surface area contributed by atoms with Crippen LogP contribution in [0.1, 0.15) is 31.4 Å². The lowest BCUT2D eigenvalue weighted by Gasteiger charge is -2.18. The third-order valence-corrected chi connectivity index (χ3v) is 2.92. The molecule has 3 heteroatoms. The molecule has 1 aromatic rings. The van der Waals surface area contributed by atoms with E-state index in [4.69, 9.17) is 5.11 Å². The van der Waals surface area contributed by atoms with E-state index < -0.39 is 5.97 Å². The molecule has 0 unspecified atom stereocenters. The Kier molecular flexibility index (Phi) is 5.70. The zero-order valence-corrected chi connectivity index (χ0v) is 10.6. The van der Waals surface area contributed by atoms with Crippen LogP contribution in [0, 0.1) is 0 Å². The minimum Gasteiger partial charge on any atom is -0.481 e. The molecule has 17 heavy (non-hydrogen) atoms. The highest BCUT2D eigenvalue weighted by molar-refractivity contribution is 5.67. The number of aliphatic carboxylic acids is 1. The summed E-state index contributed by atoms with van der Waals surface area (Å²) >= 11 is 0. The molecule has 0 saturated carbocycles. The van der Waals surface area contributed by atoms with E-state index in [0.717, 1.165) is 25.2 Å². The van der Waals surface area contributed by atoms with Crippen LogP contribution in [0.2, 0.25) is 0 Å². The van der Waals surface area contributed by atoms with E-state index in [1.54, 1.807) is 0 Å². The van der Waals surface area contributed by atoms with Crippen LogP contribution < -0.4 is 0 Å². The van der Waals surface area contributed by atoms with Crippen LogP contribution in [-0.4, -0.2) is 29.1 Å². The number of aryl methyl sites for hydroxylation is 1. The Labute approximate surface area is 103 Å². The quantitative estimate of drug-likeness (QED) is 0.789. The van der Waals surface area contributed by atoms with E-state index in [-0.39, 0.29) is 6.42 Å². The van der Waals surface area contributed by atoms with Gasteiger partial charge in [-0.3, -0.25) is 9.69 Å². The molecule has 0 aromatic heterocycles. The van der Waals surface area contributed by atoms with Crippen molar-refractivity contribution in [2.75, 3.05) is 13.1 Å². The number of hydrogen-bond acceptors (Lipinski definition) is 2. The van der Waals surface area contributed by atoms with Gasteiger partial charge >= 0.3 is 5.97 Å². The molecule has 0 aliphatic carbocycles. The van der Waals surface area contributed by atoms with Crippen molar-refractivity contribution in [2.24, 2.45) is 0 Å². The first-order valence-electron chi connectivity index (χ1n) is 6.17. The molecule has 1 N–H and O–H groups in total. The summed E-state index contributed by atoms with van der Waals surface area (Å²) in [5.41, 5.74) is 2.37. The van der Waals surface area contributed by atoms with Gasteiger partial charge in [0.05, 0.1) is 0 Å². The molecule has 0 radical (unpaired) electrons. The number of nitrogens with zero attached hydrogens (tertiary/aromatic N) is 1. The number of hydrogen-bond donors (Lipinski definition) is 1. The van der Waals surface area contributed by atoms with Crippen molar-refractivity contribution in [3.8, 4) is 0 Å². The molecule has 1 rings (SSSR count). The first-order chi connectivity index (χ1) is 8.15. The lowest BCUT2D eigenvalue weighted by atomic mass is 10.1. The van der Waals surface area contributed by atoms with Crippen LogP contribution in [-0.2, 0) is 17.8 Å². The van der Waals surface area contributed by atoms with Gasteiger partial charge < -0.3 is 5.11 Å². The zero-order chi connectivity index (χ0) is 12.7. The van der Waals surface area contributed by atoms with Crippen LogP contribution in [0.4, 0.5) is 0 Å². The summed E-state index contributed by atoms with van der Waals surface area (Å²) in [6, 6.07) is 8.22. The van der Waals surface area contributed by atoms with Gasteiger partial charge in [0.15, 0.2) is 0 Å². The molecule has 0 heterocycles. The van der Waals surface area contributed by atoms with Crippen LogP contribution in [0.5, 0.6) is 0 Å². The largest absolute Gasteiger partial charge is 0.481 e. The summed E-state index contributed by atoms with van der Waals surface area (Å²) in [6.07, 6.45) is 0.816. The molecule has 1 aromatic carbocycles. The number of carbonyl (C=O) groups is 1. The molecule has 0 saturated heterocycles. The number of benzene rings is 1. The Bertz CT molecular complexity index is 359. The van der Waals surface area contributed by atoms with Crippen LogP contribution in [0.15, 0.2) is 24.3 Å². The summed E-state index contributed by atoms with van der Waals surface area (Å²) in [5, 5.41) is 8.66. The fraction of sp³-hybridized carbons (Fsp3) is 0.500. The van der Waals surface area contributed by atoms with E-state index >= 15 is 0 Å². The molecule has 0 amide bonds. The predicted molar refractivity (Wildman–Crippen MR) is 69.0 cm³/mol. The fourth-order valence-electron chi connectivity index (χ4n) is 1.84. The maximum absolute atomic E-state index is 10.5. The Morgan fingerprint density at radius 2 is 1.88 bits per heavy atom. The van der Waals surface area contributed by atoms with E-state index in [0.29, 0.717) is 6.42 Å². The number of rotatable bonds is 7. The minimum atomic E-state index is -0.737. The van der Waals surface area contributed by atoms with E-state index in [1.165, 1.54) is 5.56 Å². The van der Waals surface area contributed by atoms with Crippen molar-refractivity contribution in [3.05, 3.63) is 35.4 Å². The second-order valence-electron chi connectivity index (χ2n) is 4.18. The maximum Gasteiger partial charge on any atom is 0.303 e. The third kappa shape index (κ3) is 5.00. The summed E-state index contributed by atoms with van der Waals surface area (Å²) in [4.78, 5) is 12.9. The maximum atomic E-state index is 10.5. The molecule has 0 aliphatic rings. The third-order valence-electron chi connectivity index (χ3n) is 2.92. The standard InChI is InChI=1S/C14H21NO2/c1-3-15(4-2)11-13-7-5-6-12(10-13)8-9-14(16)17/h5-7,10H,3-4,8-9,11H2,1-2H3,(H,16,17). The van der Waals surface area contributed by atoms with Crippen molar-refractivity contribution in [2.45, 2.75) is 33.2 Å². The highest BCUT2D eigenvalue weighted by atomic mass is 16.4. The van der Waals surface area contributed by atoms with Gasteiger partial charge in [0.25, 0.3) is 0 Å². The molecule has 0 atom stereocenters. The molecule has 0 fully saturated rings. The summed E-state index contributed by atoms with van der Waals surface area (Å²) in [6.45, 7) is 7.31. The van der Waals surface area contributed by atoms with Crippen LogP contribution in [0.25, 0.3) is 0 Å². The van der Waals surface area contributed by atoms with Crippen molar-refractivity contribution in [1.29, 1.82) is 0 Å². The Balaban J connectivity index is 2.61. The lowest BCUT2D eigenvalue weighted by Crippen LogP contribution is -2.22. The van der Waals surface area contributed by atoms with Crippen molar-refractivity contribution in [1.82, 2.24) is 4.90 Å². The van der Waals surface area contributed by atoms with Gasteiger partial charge in [0.2, 0.25) is 0 Å². The molecule has 0 spiro atoms. The smallest absolute Gasteiger partial charge is 0.303 e. The fourth-order valence-corrected chi connectivity index (χ4v) is 1.84. The average Bonchev–Trinajstić information content (AvgIpc) is 2.34. The van der Waals surface area contributed by atoms with Crippen LogP contribution in [0.3, 0.4) is 0 Å². The topological polar surface area (TPSA) is 40.5 Å². The highest BCUT2D eigenvalue weighted by Gasteiger charge is 2.03. The van der Waals surface area contributed by atoms with E-state index in [1.807, 2.05) is 12.1 Å². The van der Waals surface area contributed by atoms with Gasteiger partial charge in [-0.25, -0.2) is 0 Å². The van der Waals surface area contributed by atoms with Gasteiger partial charge in [0.1, 0.15) is 0 Å². The number of carboxylic acid groups (broad SMARTS) is 1. The summed E-state index contributed by atoms with van der Waals surface area (Å²) in [5.74, 6) is -0.737. The van der Waals surface area contributed by atoms with Crippen LogP contribution >= 0.6 is 0 Å². The second kappa shape index (κ2) is 7.07. The summed E-state index contributed by atoms with van der Waals surface area (Å²) in [7, 11) is 0. The first kappa shape index (κ1) is 13.7. The van der Waals surface area contributed by atoms with Gasteiger partial charge in [-0.15, -0.1) is 0 Å². The molecular formula is C14H21NO2. The molecular weight excluding hydrogens is 214 g/mol. The predicted octanol–water partition coefficient (Wildman–Crippen LogP) is 2.55. The second-order valence-corrected chi connectivity index (χ2v) is 4.18. The molecule has 94 valence electrons. The zero-order valence-electron chi connectivity index (χ0n) is 10.6. The van der Waals surface area contributed by atoms with Gasteiger partial charge in [0, 0.05) is 13.0 Å². The van der Waals surface area contributed by atoms with Crippen molar-refractivity contribution < 1.29 is 9.90 Å². The van der Waals surface area contributed by atoms with Gasteiger partial charge in [-0.2, -0.15) is 0 Å². The first-order valence-corrected chi connectivity index (χ1v) is 6.17. The normalized spacial score (nSPS) is 10.8. The number of carboxylic acids is 1. The molecule has 3 nitrogen and oxygen atoms in total. The van der Waals surface area contributed by atoms with Gasteiger partial charge in [-0.1, -0.05) is 38.1 Å². The van der Waals surface area contributed by atoms with Crippen molar-refractivity contribution >= 4 is 5.97 Å². The monoisotopic (exact) mass is 235 g/mol. The van der Waals surface area contributed by atoms with E-state index in [9.17, 15) is 4.79 Å². The minimum absolute atomic E-state index is 0.203. The summed E-state index contributed by atoms with van der Waals surface area (Å²) < 4.78 is 0. The Morgan fingerprint density at radius 1 is 1.24 bits per heavy atom. The Morgan fingerprint density at radius 3 is 2.47 bits per heavy atom. The molecule has 0 aliphatic heterocycles. The van der Waals surface area contributed by atoms with E-state index in [2.05, 4.69) is 30.9 Å². The lowest BCUT2D eigenvalue weighted by molar-refractivity contribution is -0.136. The van der Waals surface area contributed by atoms with Crippen molar-refractivity contribution in [3.63, 3.8) is 0 Å². The average molecular weight is 235 g/mol. The Hall–Kier alpha value is -1.35. The van der Waals surface area contributed by atoms with Gasteiger partial charge in [-0.05, 0) is 30.6 Å². The highest BCUT2D eigenvalue weighted by Crippen LogP contribution is 2.10. The molecule has 0 bridgehead atoms.